The van der Waals surface area contributed by atoms with Gasteiger partial charge in [0.15, 0.2) is 0 Å². The largest absolute Gasteiger partial charge is 0.399 e. The first-order valence-corrected chi connectivity index (χ1v) is 23.4. The van der Waals surface area contributed by atoms with E-state index in [9.17, 15) is 0 Å². The fourth-order valence-electron chi connectivity index (χ4n) is 8.35. The van der Waals surface area contributed by atoms with E-state index in [-0.39, 0.29) is 0 Å². The van der Waals surface area contributed by atoms with E-state index in [2.05, 4.69) is 98.8 Å². The highest BCUT2D eigenvalue weighted by Gasteiger charge is 2.06. The van der Waals surface area contributed by atoms with Crippen LogP contribution in [-0.4, -0.2) is 0 Å². The Balaban J connectivity index is 0.911. The van der Waals surface area contributed by atoms with E-state index in [0.717, 1.165) is 37.1 Å². The number of anilines is 2. The molecule has 0 bridgehead atoms. The lowest BCUT2D eigenvalue weighted by Gasteiger charge is -2.10. The van der Waals surface area contributed by atoms with Crippen LogP contribution in [0.4, 0.5) is 11.4 Å². The maximum Gasteiger partial charge on any atom is 0.0346 e. The Morgan fingerprint density at radius 2 is 0.554 bits per heavy atom. The van der Waals surface area contributed by atoms with Crippen LogP contribution in [-0.2, 0) is 38.5 Å². The highest BCUT2D eigenvalue weighted by Crippen LogP contribution is 2.22. The molecule has 0 aromatic heterocycles. The minimum atomic E-state index is 0.950. The standard InChI is InChI=1S/C54H80N2/c1-3-5-21-27-51-43-49(37-39-53(51)55)41-47-33-29-45(30-34-47)25-23-19-17-15-13-11-9-7-8-10-12-14-16-18-20-24-26-46-31-35-48(36-32-46)42-50-38-40-54(56)52(44-50)28-22-6-4-2/h29-40,43-44H,3-28,41-42,55-56H2,1-2H3. The number of hydrogen-bond acceptors (Lipinski definition) is 2. The van der Waals surface area contributed by atoms with Gasteiger partial charge in [-0.25, -0.2) is 0 Å². The summed E-state index contributed by atoms with van der Waals surface area (Å²) in [7, 11) is 0. The van der Waals surface area contributed by atoms with Gasteiger partial charge in [-0.15, -0.1) is 0 Å². The molecule has 306 valence electrons. The number of nitrogen functional groups attached to an aromatic ring is 2. The van der Waals surface area contributed by atoms with Gasteiger partial charge in [0.25, 0.3) is 0 Å². The van der Waals surface area contributed by atoms with Crippen LogP contribution in [0.2, 0.25) is 0 Å². The quantitative estimate of drug-likeness (QED) is 0.0397. The third kappa shape index (κ3) is 18.6. The van der Waals surface area contributed by atoms with Crippen molar-refractivity contribution in [1.82, 2.24) is 0 Å². The van der Waals surface area contributed by atoms with Gasteiger partial charge in [0.05, 0.1) is 0 Å². The zero-order chi connectivity index (χ0) is 39.5. The summed E-state index contributed by atoms with van der Waals surface area (Å²) in [6, 6.07) is 32.0. The molecule has 4 rings (SSSR count). The molecule has 0 radical (unpaired) electrons. The molecule has 0 saturated heterocycles. The first kappa shape index (κ1) is 45.2. The van der Waals surface area contributed by atoms with Crippen molar-refractivity contribution in [2.45, 2.75) is 194 Å². The fourth-order valence-corrected chi connectivity index (χ4v) is 8.35. The summed E-state index contributed by atoms with van der Waals surface area (Å²) in [4.78, 5) is 0. The predicted molar refractivity (Wildman–Crippen MR) is 248 cm³/mol. The van der Waals surface area contributed by atoms with Crippen molar-refractivity contribution < 1.29 is 0 Å². The molecule has 56 heavy (non-hydrogen) atoms. The van der Waals surface area contributed by atoms with Crippen molar-refractivity contribution in [3.63, 3.8) is 0 Å². The molecule has 2 heteroatoms. The Bertz CT molecular complexity index is 1460. The molecular weight excluding hydrogens is 677 g/mol. The molecule has 0 aliphatic heterocycles. The average molecular weight is 757 g/mol. The second-order valence-corrected chi connectivity index (χ2v) is 17.1. The third-order valence-electron chi connectivity index (χ3n) is 12.1. The van der Waals surface area contributed by atoms with Gasteiger partial charge >= 0.3 is 0 Å². The van der Waals surface area contributed by atoms with Gasteiger partial charge in [0, 0.05) is 11.4 Å². The maximum atomic E-state index is 6.25. The van der Waals surface area contributed by atoms with E-state index in [1.165, 1.54) is 199 Å². The summed E-state index contributed by atoms with van der Waals surface area (Å²) >= 11 is 0. The predicted octanol–water partition coefficient (Wildman–Crippen LogP) is 15.5. The Hall–Kier alpha value is -3.52. The van der Waals surface area contributed by atoms with E-state index in [0.29, 0.717) is 0 Å². The molecule has 4 N–H and O–H groups in total. The molecular formula is C54H80N2. The van der Waals surface area contributed by atoms with E-state index in [1.54, 1.807) is 0 Å². The van der Waals surface area contributed by atoms with E-state index < -0.39 is 0 Å². The first-order valence-electron chi connectivity index (χ1n) is 23.4. The van der Waals surface area contributed by atoms with Crippen LogP contribution < -0.4 is 11.5 Å². The summed E-state index contributed by atoms with van der Waals surface area (Å²) < 4.78 is 0. The summed E-state index contributed by atoms with van der Waals surface area (Å²) in [5.74, 6) is 0. The number of benzene rings is 4. The zero-order valence-corrected chi connectivity index (χ0v) is 36.0. The Kier molecular flexibility index (Phi) is 22.6. The molecule has 0 heterocycles. The fraction of sp³-hybridized carbons (Fsp3) is 0.556. The topological polar surface area (TPSA) is 52.0 Å². The van der Waals surface area contributed by atoms with Gasteiger partial charge in [0.2, 0.25) is 0 Å². The van der Waals surface area contributed by atoms with Gasteiger partial charge < -0.3 is 11.5 Å². The van der Waals surface area contributed by atoms with Gasteiger partial charge in [-0.1, -0.05) is 202 Å². The lowest BCUT2D eigenvalue weighted by Crippen LogP contribution is -1.98. The minimum Gasteiger partial charge on any atom is -0.399 e. The van der Waals surface area contributed by atoms with E-state index in [4.69, 9.17) is 11.5 Å². The smallest absolute Gasteiger partial charge is 0.0346 e. The molecule has 4 aromatic rings. The van der Waals surface area contributed by atoms with Crippen molar-refractivity contribution in [2.75, 3.05) is 11.5 Å². The van der Waals surface area contributed by atoms with Crippen LogP contribution in [0.1, 0.15) is 200 Å². The monoisotopic (exact) mass is 757 g/mol. The molecule has 0 unspecified atom stereocenters. The minimum absolute atomic E-state index is 0.950. The van der Waals surface area contributed by atoms with Crippen LogP contribution >= 0.6 is 0 Å². The van der Waals surface area contributed by atoms with Gasteiger partial charge in [-0.3, -0.25) is 0 Å². The molecule has 0 fully saturated rings. The molecule has 4 aromatic carbocycles. The second-order valence-electron chi connectivity index (χ2n) is 17.1. The van der Waals surface area contributed by atoms with Crippen LogP contribution in [0.5, 0.6) is 0 Å². The lowest BCUT2D eigenvalue weighted by molar-refractivity contribution is 0.528. The van der Waals surface area contributed by atoms with Crippen molar-refractivity contribution >= 4 is 11.4 Å². The Morgan fingerprint density at radius 3 is 0.875 bits per heavy atom. The van der Waals surface area contributed by atoms with Crippen LogP contribution in [0.15, 0.2) is 84.9 Å². The summed E-state index contributed by atoms with van der Waals surface area (Å²) in [6.07, 6.45) is 36.6. The highest BCUT2D eigenvalue weighted by molar-refractivity contribution is 5.50. The van der Waals surface area contributed by atoms with Crippen molar-refractivity contribution in [3.8, 4) is 0 Å². The average Bonchev–Trinajstić information content (AvgIpc) is 3.21. The van der Waals surface area contributed by atoms with E-state index >= 15 is 0 Å². The van der Waals surface area contributed by atoms with Gasteiger partial charge in [0.1, 0.15) is 0 Å². The molecule has 0 aliphatic carbocycles. The molecule has 0 saturated carbocycles. The van der Waals surface area contributed by atoms with Gasteiger partial charge in [-0.05, 0) is 121 Å². The molecule has 0 amide bonds. The molecule has 0 spiro atoms. The number of aryl methyl sites for hydroxylation is 4. The molecule has 0 aliphatic rings. The second kappa shape index (κ2) is 28.0. The van der Waals surface area contributed by atoms with Crippen molar-refractivity contribution in [3.05, 3.63) is 129 Å². The SMILES string of the molecule is CCCCCc1cc(Cc2ccc(CCCCCCCCCCCCCCCCCCc3ccc(Cc4ccc(N)c(CCCCC)c4)cc3)cc2)ccc1N. The number of nitrogens with two attached hydrogens (primary N) is 2. The molecule has 0 atom stereocenters. The Morgan fingerprint density at radius 1 is 0.286 bits per heavy atom. The summed E-state index contributed by atoms with van der Waals surface area (Å²) in [5, 5.41) is 0. The Labute approximate surface area is 344 Å². The molecule has 2 nitrogen and oxygen atoms in total. The number of hydrogen-bond donors (Lipinski definition) is 2. The summed E-state index contributed by atoms with van der Waals surface area (Å²) in [6.45, 7) is 4.51. The lowest BCUT2D eigenvalue weighted by atomic mass is 9.97. The highest BCUT2D eigenvalue weighted by atomic mass is 14.6. The third-order valence-corrected chi connectivity index (χ3v) is 12.1. The van der Waals surface area contributed by atoms with Crippen LogP contribution in [0, 0.1) is 0 Å². The maximum absolute atomic E-state index is 6.25. The number of rotatable bonds is 31. The number of unbranched alkanes of at least 4 members (excludes halogenated alkanes) is 19. The summed E-state index contributed by atoms with van der Waals surface area (Å²) in [5.41, 5.74) is 25.6. The van der Waals surface area contributed by atoms with Gasteiger partial charge in [-0.2, -0.15) is 0 Å². The van der Waals surface area contributed by atoms with Crippen molar-refractivity contribution in [1.29, 1.82) is 0 Å². The van der Waals surface area contributed by atoms with Crippen molar-refractivity contribution in [2.24, 2.45) is 0 Å². The van der Waals surface area contributed by atoms with Crippen LogP contribution in [0.3, 0.4) is 0 Å². The first-order chi connectivity index (χ1) is 27.5. The van der Waals surface area contributed by atoms with Crippen LogP contribution in [0.25, 0.3) is 0 Å². The van der Waals surface area contributed by atoms with E-state index in [1.807, 2.05) is 0 Å². The normalized spacial score (nSPS) is 11.4. The zero-order valence-electron chi connectivity index (χ0n) is 36.0.